The van der Waals surface area contributed by atoms with Crippen LogP contribution >= 0.6 is 0 Å². The highest BCUT2D eigenvalue weighted by Crippen LogP contribution is 2.24. The van der Waals surface area contributed by atoms with E-state index in [0.717, 1.165) is 22.6 Å². The van der Waals surface area contributed by atoms with Gasteiger partial charge >= 0.3 is 0 Å². The molecule has 0 unspecified atom stereocenters. The first-order valence-corrected chi connectivity index (χ1v) is 9.08. The molecule has 0 aliphatic carbocycles. The Morgan fingerprint density at radius 3 is 2.39 bits per heavy atom. The average Bonchev–Trinajstić information content (AvgIpc) is 2.70. The summed E-state index contributed by atoms with van der Waals surface area (Å²) < 4.78 is 0. The zero-order chi connectivity index (χ0) is 19.8. The number of hydrogen-bond acceptors (Lipinski definition) is 6. The maximum Gasteiger partial charge on any atom is 0.225 e. The van der Waals surface area contributed by atoms with Gasteiger partial charge in [-0.2, -0.15) is 4.98 Å². The number of nitrogens with one attached hydrogen (secondary N) is 3. The molecule has 0 saturated heterocycles. The molecule has 144 valence electrons. The van der Waals surface area contributed by atoms with Crippen molar-refractivity contribution in [2.75, 3.05) is 29.1 Å². The van der Waals surface area contributed by atoms with E-state index >= 15 is 0 Å². The summed E-state index contributed by atoms with van der Waals surface area (Å²) in [6, 6.07) is 19.1. The van der Waals surface area contributed by atoms with Gasteiger partial charge in [-0.05, 0) is 30.7 Å². The number of rotatable bonds is 8. The molecule has 1 heterocycles. The Bertz CT molecular complexity index is 914. The molecule has 4 N–H and O–H groups in total. The van der Waals surface area contributed by atoms with Crippen LogP contribution in [0.3, 0.4) is 0 Å². The van der Waals surface area contributed by atoms with Crippen LogP contribution in [-0.4, -0.2) is 34.1 Å². The molecule has 0 spiro atoms. The molecule has 3 rings (SSSR count). The molecule has 0 aliphatic heterocycles. The molecule has 0 aliphatic rings. The van der Waals surface area contributed by atoms with Crippen molar-refractivity contribution in [1.82, 2.24) is 9.97 Å². The summed E-state index contributed by atoms with van der Waals surface area (Å²) in [5.74, 6) is 1.03. The predicted molar refractivity (Wildman–Crippen MR) is 112 cm³/mol. The van der Waals surface area contributed by atoms with Crippen molar-refractivity contribution in [2.24, 2.45) is 0 Å². The van der Waals surface area contributed by atoms with Crippen molar-refractivity contribution in [3.8, 4) is 11.3 Å². The molecule has 1 amide bonds. The number of benzene rings is 2. The zero-order valence-electron chi connectivity index (χ0n) is 15.6. The molecule has 3 aromatic rings. The Kier molecular flexibility index (Phi) is 6.54. The lowest BCUT2D eigenvalue weighted by atomic mass is 10.1. The van der Waals surface area contributed by atoms with Gasteiger partial charge in [-0.15, -0.1) is 0 Å². The molecule has 0 saturated carbocycles. The van der Waals surface area contributed by atoms with Crippen molar-refractivity contribution in [1.29, 1.82) is 0 Å². The molecule has 0 radical (unpaired) electrons. The Labute approximate surface area is 163 Å². The lowest BCUT2D eigenvalue weighted by Crippen LogP contribution is -2.09. The van der Waals surface area contributed by atoms with E-state index in [4.69, 9.17) is 5.11 Å². The van der Waals surface area contributed by atoms with Crippen molar-refractivity contribution in [3.05, 3.63) is 60.7 Å². The Hall–Kier alpha value is -3.45. The normalized spacial score (nSPS) is 10.4. The summed E-state index contributed by atoms with van der Waals surface area (Å²) >= 11 is 0. The average molecular weight is 377 g/mol. The van der Waals surface area contributed by atoms with Crippen LogP contribution in [0.25, 0.3) is 11.3 Å². The van der Waals surface area contributed by atoms with E-state index in [1.165, 1.54) is 6.92 Å². The maximum absolute atomic E-state index is 11.1. The second kappa shape index (κ2) is 9.48. The number of carbonyl (C=O) groups is 1. The topological polar surface area (TPSA) is 99.2 Å². The number of aliphatic hydroxyl groups excluding tert-OH is 1. The molecule has 1 aromatic heterocycles. The maximum atomic E-state index is 11.1. The number of amides is 1. The van der Waals surface area contributed by atoms with Crippen LogP contribution in [0.1, 0.15) is 13.3 Å². The van der Waals surface area contributed by atoms with E-state index < -0.39 is 0 Å². The van der Waals surface area contributed by atoms with E-state index in [1.807, 2.05) is 60.7 Å². The fourth-order valence-corrected chi connectivity index (χ4v) is 2.61. The minimum absolute atomic E-state index is 0.108. The molecule has 2 aromatic carbocycles. The number of aliphatic hydroxyl groups is 1. The SMILES string of the molecule is CC(=O)Nc1ccc(Nc2cc(-c3ccccc3)nc(NCCCO)n2)cc1. The van der Waals surface area contributed by atoms with Gasteiger partial charge < -0.3 is 21.1 Å². The molecule has 7 heteroatoms. The number of anilines is 4. The predicted octanol–water partition coefficient (Wildman–Crippen LogP) is 3.64. The smallest absolute Gasteiger partial charge is 0.225 e. The first-order valence-electron chi connectivity index (χ1n) is 9.08. The number of aromatic nitrogens is 2. The quantitative estimate of drug-likeness (QED) is 0.447. The van der Waals surface area contributed by atoms with Crippen LogP contribution < -0.4 is 16.0 Å². The van der Waals surface area contributed by atoms with Crippen molar-refractivity contribution < 1.29 is 9.90 Å². The monoisotopic (exact) mass is 377 g/mol. The van der Waals surface area contributed by atoms with Crippen molar-refractivity contribution >= 4 is 29.0 Å². The summed E-state index contributed by atoms with van der Waals surface area (Å²) in [7, 11) is 0. The molecule has 0 fully saturated rings. The Morgan fingerprint density at radius 1 is 1.00 bits per heavy atom. The van der Waals surface area contributed by atoms with Crippen LogP contribution in [-0.2, 0) is 4.79 Å². The summed E-state index contributed by atoms with van der Waals surface area (Å²) in [4.78, 5) is 20.2. The Balaban J connectivity index is 1.84. The highest BCUT2D eigenvalue weighted by Gasteiger charge is 2.07. The Morgan fingerprint density at radius 2 is 1.71 bits per heavy atom. The summed E-state index contributed by atoms with van der Waals surface area (Å²) in [5, 5.41) is 18.1. The van der Waals surface area contributed by atoms with Gasteiger partial charge in [-0.25, -0.2) is 4.98 Å². The number of hydrogen-bond donors (Lipinski definition) is 4. The van der Waals surface area contributed by atoms with Gasteiger partial charge in [0.1, 0.15) is 5.82 Å². The lowest BCUT2D eigenvalue weighted by molar-refractivity contribution is -0.114. The summed E-state index contributed by atoms with van der Waals surface area (Å²) in [6.45, 7) is 2.17. The van der Waals surface area contributed by atoms with Crippen LogP contribution in [0.15, 0.2) is 60.7 Å². The second-order valence-electron chi connectivity index (χ2n) is 6.22. The molecule has 7 nitrogen and oxygen atoms in total. The van der Waals surface area contributed by atoms with Crippen LogP contribution in [0.4, 0.5) is 23.1 Å². The van der Waals surface area contributed by atoms with Crippen LogP contribution in [0.2, 0.25) is 0 Å². The van der Waals surface area contributed by atoms with Gasteiger partial charge in [0.15, 0.2) is 0 Å². The lowest BCUT2D eigenvalue weighted by Gasteiger charge is -2.12. The van der Waals surface area contributed by atoms with E-state index in [1.54, 1.807) is 0 Å². The van der Waals surface area contributed by atoms with E-state index in [2.05, 4.69) is 25.9 Å². The molecular formula is C21H23N5O2. The molecule has 0 bridgehead atoms. The van der Waals surface area contributed by atoms with Crippen molar-refractivity contribution in [2.45, 2.75) is 13.3 Å². The highest BCUT2D eigenvalue weighted by atomic mass is 16.3. The highest BCUT2D eigenvalue weighted by molar-refractivity contribution is 5.88. The van der Waals surface area contributed by atoms with Gasteiger partial charge in [0, 0.05) is 43.1 Å². The third-order valence-corrected chi connectivity index (χ3v) is 3.89. The largest absolute Gasteiger partial charge is 0.396 e. The van der Waals surface area contributed by atoms with Gasteiger partial charge in [0.25, 0.3) is 0 Å². The van der Waals surface area contributed by atoms with E-state index in [0.29, 0.717) is 24.7 Å². The van der Waals surface area contributed by atoms with Crippen LogP contribution in [0, 0.1) is 0 Å². The van der Waals surface area contributed by atoms with Gasteiger partial charge in [-0.3, -0.25) is 4.79 Å². The van der Waals surface area contributed by atoms with Gasteiger partial charge in [0.05, 0.1) is 5.69 Å². The summed E-state index contributed by atoms with van der Waals surface area (Å²) in [6.07, 6.45) is 0.617. The number of nitrogens with zero attached hydrogens (tertiary/aromatic N) is 2. The summed E-state index contributed by atoms with van der Waals surface area (Å²) in [5.41, 5.74) is 3.35. The van der Waals surface area contributed by atoms with Gasteiger partial charge in [0.2, 0.25) is 11.9 Å². The first kappa shape index (κ1) is 19.3. The second-order valence-corrected chi connectivity index (χ2v) is 6.22. The minimum Gasteiger partial charge on any atom is -0.396 e. The standard InChI is InChI=1S/C21H23N5O2/c1-15(28)23-17-8-10-18(11-9-17)24-20-14-19(16-6-3-2-4-7-16)25-21(26-20)22-12-5-13-27/h2-4,6-11,14,27H,5,12-13H2,1H3,(H,23,28)(H2,22,24,25,26). The third kappa shape index (κ3) is 5.52. The zero-order valence-corrected chi connectivity index (χ0v) is 15.6. The van der Waals surface area contributed by atoms with Crippen molar-refractivity contribution in [3.63, 3.8) is 0 Å². The fraction of sp³-hybridized carbons (Fsp3) is 0.190. The minimum atomic E-state index is -0.109. The van der Waals surface area contributed by atoms with E-state index in [-0.39, 0.29) is 12.5 Å². The molecular weight excluding hydrogens is 354 g/mol. The molecule has 28 heavy (non-hydrogen) atoms. The molecule has 0 atom stereocenters. The first-order chi connectivity index (χ1) is 13.6. The fourth-order valence-electron chi connectivity index (χ4n) is 2.61. The van der Waals surface area contributed by atoms with Crippen LogP contribution in [0.5, 0.6) is 0 Å². The van der Waals surface area contributed by atoms with Gasteiger partial charge in [-0.1, -0.05) is 30.3 Å². The van der Waals surface area contributed by atoms with E-state index in [9.17, 15) is 4.79 Å². The number of carbonyl (C=O) groups excluding carboxylic acids is 1. The third-order valence-electron chi connectivity index (χ3n) is 3.89.